The van der Waals surface area contributed by atoms with Gasteiger partial charge < -0.3 is 38.6 Å². The fourth-order valence-corrected chi connectivity index (χ4v) is 3.40. The van der Waals surface area contributed by atoms with Crippen LogP contribution in [0.1, 0.15) is 6.42 Å². The first kappa shape index (κ1) is 37.5. The molecule has 0 spiro atoms. The molecule has 41 heavy (non-hydrogen) atoms. The lowest BCUT2D eigenvalue weighted by atomic mass is 9.90. The van der Waals surface area contributed by atoms with Crippen molar-refractivity contribution in [2.24, 2.45) is 10.8 Å². The third-order valence-electron chi connectivity index (χ3n) is 5.13. The van der Waals surface area contributed by atoms with Crippen molar-refractivity contribution in [3.63, 3.8) is 0 Å². The second-order valence-electron chi connectivity index (χ2n) is 8.64. The lowest BCUT2D eigenvalue weighted by Crippen LogP contribution is -2.46. The van der Waals surface area contributed by atoms with Gasteiger partial charge in [0.2, 0.25) is 0 Å². The van der Waals surface area contributed by atoms with E-state index < -0.39 is 80.3 Å². The Morgan fingerprint density at radius 2 is 0.976 bits per heavy atom. The van der Waals surface area contributed by atoms with Gasteiger partial charge in [-0.1, -0.05) is 26.3 Å². The van der Waals surface area contributed by atoms with E-state index in [0.717, 1.165) is 24.3 Å². The number of carbonyl (C=O) groups is 5. The average Bonchev–Trinajstić information content (AvgIpc) is 2.99. The molecule has 0 aromatic rings. The van der Waals surface area contributed by atoms with Crippen LogP contribution in [0.4, 0.5) is 0 Å². The third-order valence-corrected chi connectivity index (χ3v) is 6.09. The van der Waals surface area contributed by atoms with E-state index in [1.165, 1.54) is 11.8 Å². The van der Waals surface area contributed by atoms with Gasteiger partial charge in [-0.25, -0.2) is 19.2 Å². The van der Waals surface area contributed by atoms with Crippen LogP contribution in [-0.4, -0.2) is 111 Å². The number of esters is 5. The van der Waals surface area contributed by atoms with Gasteiger partial charge >= 0.3 is 29.8 Å². The first-order valence-electron chi connectivity index (χ1n) is 12.2. The van der Waals surface area contributed by atoms with Crippen molar-refractivity contribution in [3.05, 3.63) is 50.6 Å². The Bertz CT molecular complexity index is 857. The van der Waals surface area contributed by atoms with Crippen molar-refractivity contribution < 1.29 is 62.6 Å². The molecule has 14 heteroatoms. The number of aliphatic hydroxyl groups is 2. The Morgan fingerprint density at radius 1 is 0.585 bits per heavy atom. The zero-order chi connectivity index (χ0) is 31.2. The molecule has 0 heterocycles. The van der Waals surface area contributed by atoms with Crippen LogP contribution in [-0.2, 0) is 52.4 Å². The molecule has 0 radical (unpaired) electrons. The van der Waals surface area contributed by atoms with E-state index in [0.29, 0.717) is 11.5 Å². The van der Waals surface area contributed by atoms with Crippen LogP contribution in [0.2, 0.25) is 0 Å². The molecule has 0 rings (SSSR count). The Morgan fingerprint density at radius 3 is 1.37 bits per heavy atom. The standard InChI is InChI=1S/C27H38O13S/c1-5-21(30)36-16-26(13-29,17-40-25(34)9-11-41-12-10-28)14-35-15-27(18-37-22(31)6-2,19-38-23(32)7-3)20-39-24(33)8-4/h5-8,28-29H,1-4,9-20H2. The normalized spacial score (nSPS) is 12.1. The van der Waals surface area contributed by atoms with Crippen molar-refractivity contribution >= 4 is 41.6 Å². The number of thioether (sulfide) groups is 1. The monoisotopic (exact) mass is 602 g/mol. The molecule has 0 aliphatic rings. The van der Waals surface area contributed by atoms with E-state index in [1.807, 2.05) is 0 Å². The first-order valence-corrected chi connectivity index (χ1v) is 13.4. The zero-order valence-corrected chi connectivity index (χ0v) is 23.7. The molecule has 0 aromatic carbocycles. The summed E-state index contributed by atoms with van der Waals surface area (Å²) < 4.78 is 31.6. The lowest BCUT2D eigenvalue weighted by molar-refractivity contribution is -0.167. The van der Waals surface area contributed by atoms with Gasteiger partial charge in [-0.15, -0.1) is 0 Å². The van der Waals surface area contributed by atoms with Gasteiger partial charge in [0, 0.05) is 35.8 Å². The molecule has 0 fully saturated rings. The summed E-state index contributed by atoms with van der Waals surface area (Å²) in [7, 11) is 0. The van der Waals surface area contributed by atoms with Gasteiger partial charge in [-0.05, 0) is 0 Å². The van der Waals surface area contributed by atoms with Crippen LogP contribution in [0.25, 0.3) is 0 Å². The fraction of sp³-hybridized carbons (Fsp3) is 0.519. The molecule has 1 unspecified atom stereocenters. The zero-order valence-electron chi connectivity index (χ0n) is 22.9. The molecule has 0 saturated carbocycles. The topological polar surface area (TPSA) is 181 Å². The number of carbonyl (C=O) groups excluding carboxylic acids is 5. The van der Waals surface area contributed by atoms with E-state index in [9.17, 15) is 29.1 Å². The van der Waals surface area contributed by atoms with Crippen molar-refractivity contribution in [1.82, 2.24) is 0 Å². The summed E-state index contributed by atoms with van der Waals surface area (Å²) in [5, 5.41) is 19.1. The fourth-order valence-electron chi connectivity index (χ4n) is 2.76. The molecule has 13 nitrogen and oxygen atoms in total. The minimum atomic E-state index is -1.45. The molecule has 0 aliphatic carbocycles. The summed E-state index contributed by atoms with van der Waals surface area (Å²) in [6, 6.07) is 0. The number of hydrogen-bond donors (Lipinski definition) is 2. The quantitative estimate of drug-likeness (QED) is 0.0676. The number of aliphatic hydroxyl groups excluding tert-OH is 2. The number of ether oxygens (including phenoxy) is 6. The SMILES string of the molecule is C=CC(=O)OCC(COCC(CO)(COC(=O)C=C)COC(=O)CCSCCO)(COC(=O)C=C)COC(=O)C=C. The third kappa shape index (κ3) is 16.4. The minimum absolute atomic E-state index is 0.0284. The van der Waals surface area contributed by atoms with Crippen molar-refractivity contribution in [2.45, 2.75) is 6.42 Å². The Labute approximate surface area is 243 Å². The van der Waals surface area contributed by atoms with Gasteiger partial charge in [0.1, 0.15) is 33.0 Å². The minimum Gasteiger partial charge on any atom is -0.465 e. The summed E-state index contributed by atoms with van der Waals surface area (Å²) in [5.74, 6) is -2.99. The molecule has 230 valence electrons. The molecule has 2 N–H and O–H groups in total. The molecule has 0 bridgehead atoms. The lowest BCUT2D eigenvalue weighted by Gasteiger charge is -2.34. The first-order chi connectivity index (χ1) is 19.5. The maximum Gasteiger partial charge on any atom is 0.330 e. The van der Waals surface area contributed by atoms with Gasteiger partial charge in [-0.3, -0.25) is 4.79 Å². The Hall–Kier alpha value is -3.46. The highest BCUT2D eigenvalue weighted by molar-refractivity contribution is 7.99. The highest BCUT2D eigenvalue weighted by Gasteiger charge is 2.39. The second-order valence-corrected chi connectivity index (χ2v) is 9.87. The maximum absolute atomic E-state index is 12.2. The highest BCUT2D eigenvalue weighted by Crippen LogP contribution is 2.25. The predicted molar refractivity (Wildman–Crippen MR) is 147 cm³/mol. The summed E-state index contributed by atoms with van der Waals surface area (Å²) in [5.41, 5.74) is -2.89. The summed E-state index contributed by atoms with van der Waals surface area (Å²) in [4.78, 5) is 59.3. The van der Waals surface area contributed by atoms with Gasteiger partial charge in [0.15, 0.2) is 0 Å². The largest absolute Gasteiger partial charge is 0.465 e. The number of hydrogen-bond acceptors (Lipinski definition) is 14. The van der Waals surface area contributed by atoms with Crippen molar-refractivity contribution in [3.8, 4) is 0 Å². The van der Waals surface area contributed by atoms with Crippen molar-refractivity contribution in [2.75, 3.05) is 71.0 Å². The second kappa shape index (κ2) is 21.3. The summed E-state index contributed by atoms with van der Waals surface area (Å²) in [6.07, 6.45) is 3.64. The van der Waals surface area contributed by atoms with Crippen LogP contribution in [0.15, 0.2) is 50.6 Å². The van der Waals surface area contributed by atoms with E-state index in [4.69, 9.17) is 33.5 Å². The predicted octanol–water partition coefficient (Wildman–Crippen LogP) is 0.544. The molecule has 0 aromatic heterocycles. The van der Waals surface area contributed by atoms with Crippen LogP contribution in [0.3, 0.4) is 0 Å². The molecule has 1 atom stereocenters. The number of rotatable bonds is 24. The van der Waals surface area contributed by atoms with E-state index in [-0.39, 0.29) is 26.2 Å². The smallest absolute Gasteiger partial charge is 0.330 e. The molecule has 0 amide bonds. The van der Waals surface area contributed by atoms with Gasteiger partial charge in [-0.2, -0.15) is 11.8 Å². The Balaban J connectivity index is 5.86. The van der Waals surface area contributed by atoms with Crippen LogP contribution in [0, 0.1) is 10.8 Å². The van der Waals surface area contributed by atoms with Crippen LogP contribution < -0.4 is 0 Å². The van der Waals surface area contributed by atoms with Crippen LogP contribution >= 0.6 is 11.8 Å². The molecule has 0 aliphatic heterocycles. The summed E-state index contributed by atoms with van der Waals surface area (Å²) in [6.45, 7) is 9.60. The van der Waals surface area contributed by atoms with Gasteiger partial charge in [0.25, 0.3) is 0 Å². The maximum atomic E-state index is 12.2. The molecule has 0 saturated heterocycles. The summed E-state index contributed by atoms with van der Waals surface area (Å²) >= 11 is 1.35. The van der Waals surface area contributed by atoms with Crippen LogP contribution in [0.5, 0.6) is 0 Å². The average molecular weight is 603 g/mol. The Kier molecular flexibility index (Phi) is 19.5. The van der Waals surface area contributed by atoms with Gasteiger partial charge in [0.05, 0.1) is 43.7 Å². The molecular formula is C27H38O13S. The van der Waals surface area contributed by atoms with Crippen molar-refractivity contribution in [1.29, 1.82) is 0 Å². The van der Waals surface area contributed by atoms with E-state index in [2.05, 4.69) is 26.3 Å². The van der Waals surface area contributed by atoms with E-state index >= 15 is 0 Å². The van der Waals surface area contributed by atoms with E-state index in [1.54, 1.807) is 0 Å². The highest BCUT2D eigenvalue weighted by atomic mass is 32.2. The molecular weight excluding hydrogens is 564 g/mol.